The van der Waals surface area contributed by atoms with E-state index >= 15 is 0 Å². The van der Waals surface area contributed by atoms with Crippen LogP contribution in [-0.2, 0) is 0 Å². The lowest BCUT2D eigenvalue weighted by Gasteiger charge is -2.23. The summed E-state index contributed by atoms with van der Waals surface area (Å²) in [5.41, 5.74) is 2.18. The summed E-state index contributed by atoms with van der Waals surface area (Å²) in [6, 6.07) is 10.0. The van der Waals surface area contributed by atoms with E-state index in [1.165, 1.54) is 11.3 Å². The van der Waals surface area contributed by atoms with E-state index in [0.717, 1.165) is 46.8 Å². The van der Waals surface area contributed by atoms with Gasteiger partial charge in [0.15, 0.2) is 0 Å². The number of piperidine rings is 1. The van der Waals surface area contributed by atoms with Crippen LogP contribution in [0.5, 0.6) is 0 Å². The minimum atomic E-state index is 0.0354. The molecule has 1 aromatic carbocycles. The molecule has 0 radical (unpaired) electrons. The van der Waals surface area contributed by atoms with Gasteiger partial charge in [-0.1, -0.05) is 23.7 Å². The molecule has 2 heterocycles. The van der Waals surface area contributed by atoms with Crippen molar-refractivity contribution in [3.8, 4) is 10.4 Å². The number of benzene rings is 1. The summed E-state index contributed by atoms with van der Waals surface area (Å²) in [7, 11) is 0. The van der Waals surface area contributed by atoms with Crippen LogP contribution in [0.15, 0.2) is 30.3 Å². The average Bonchev–Trinajstić information content (AvgIpc) is 2.90. The Kier molecular flexibility index (Phi) is 4.81. The number of rotatable bonds is 3. The normalized spacial score (nSPS) is 15.7. The zero-order valence-corrected chi connectivity index (χ0v) is 14.1. The Hall–Kier alpha value is -1.36. The van der Waals surface area contributed by atoms with E-state index in [0.29, 0.717) is 5.02 Å². The maximum atomic E-state index is 12.4. The highest BCUT2D eigenvalue weighted by atomic mass is 35.5. The number of aryl methyl sites for hydroxylation is 1. The summed E-state index contributed by atoms with van der Waals surface area (Å²) in [5, 5.41) is 7.16. The number of nitrogens with one attached hydrogen (secondary N) is 2. The van der Waals surface area contributed by atoms with Crippen LogP contribution < -0.4 is 10.6 Å². The molecule has 0 saturated carbocycles. The topological polar surface area (TPSA) is 41.1 Å². The maximum Gasteiger partial charge on any atom is 0.261 e. The molecule has 0 spiro atoms. The van der Waals surface area contributed by atoms with E-state index in [4.69, 9.17) is 11.6 Å². The predicted octanol–water partition coefficient (Wildman–Crippen LogP) is 3.86. The summed E-state index contributed by atoms with van der Waals surface area (Å²) in [6.45, 7) is 3.98. The Balaban J connectivity index is 1.78. The Morgan fingerprint density at radius 2 is 2.09 bits per heavy atom. The molecular weight excluding hydrogens is 316 g/mol. The van der Waals surface area contributed by atoms with Gasteiger partial charge in [0.2, 0.25) is 0 Å². The molecule has 1 aliphatic heterocycles. The summed E-state index contributed by atoms with van der Waals surface area (Å²) in [4.78, 5) is 14.3. The van der Waals surface area contributed by atoms with E-state index in [-0.39, 0.29) is 11.9 Å². The zero-order chi connectivity index (χ0) is 15.5. The third kappa shape index (κ3) is 3.51. The SMILES string of the molecule is Cc1cc(C(=O)NC2CCNCC2)sc1-c1cccc(Cl)c1. The molecule has 1 fully saturated rings. The molecule has 0 atom stereocenters. The van der Waals surface area contributed by atoms with E-state index in [9.17, 15) is 4.79 Å². The summed E-state index contributed by atoms with van der Waals surface area (Å²) >= 11 is 7.60. The van der Waals surface area contributed by atoms with Crippen molar-refractivity contribution in [2.45, 2.75) is 25.8 Å². The highest BCUT2D eigenvalue weighted by molar-refractivity contribution is 7.17. The minimum Gasteiger partial charge on any atom is -0.349 e. The van der Waals surface area contributed by atoms with Crippen LogP contribution in [0.3, 0.4) is 0 Å². The van der Waals surface area contributed by atoms with Gasteiger partial charge < -0.3 is 10.6 Å². The largest absolute Gasteiger partial charge is 0.349 e. The van der Waals surface area contributed by atoms with Crippen molar-refractivity contribution in [1.29, 1.82) is 0 Å². The second kappa shape index (κ2) is 6.82. The number of hydrogen-bond donors (Lipinski definition) is 2. The first-order valence-corrected chi connectivity index (χ1v) is 8.71. The van der Waals surface area contributed by atoms with Crippen molar-refractivity contribution >= 4 is 28.8 Å². The zero-order valence-electron chi connectivity index (χ0n) is 12.5. The van der Waals surface area contributed by atoms with Crippen LogP contribution in [0.2, 0.25) is 5.02 Å². The third-order valence-corrected chi connectivity index (χ3v) is 5.42. The lowest BCUT2D eigenvalue weighted by atomic mass is 10.1. The Labute approximate surface area is 139 Å². The van der Waals surface area contributed by atoms with E-state index in [1.807, 2.05) is 37.3 Å². The molecule has 1 aromatic heterocycles. The van der Waals surface area contributed by atoms with Gasteiger partial charge in [-0.05, 0) is 62.2 Å². The van der Waals surface area contributed by atoms with Gasteiger partial charge in [0.1, 0.15) is 0 Å². The molecule has 2 N–H and O–H groups in total. The number of hydrogen-bond acceptors (Lipinski definition) is 3. The first-order chi connectivity index (χ1) is 10.6. The minimum absolute atomic E-state index is 0.0354. The van der Waals surface area contributed by atoms with E-state index in [1.54, 1.807) is 0 Å². The van der Waals surface area contributed by atoms with Crippen LogP contribution >= 0.6 is 22.9 Å². The maximum absolute atomic E-state index is 12.4. The van der Waals surface area contributed by atoms with Crippen LogP contribution in [0, 0.1) is 6.92 Å². The van der Waals surface area contributed by atoms with Gasteiger partial charge in [-0.25, -0.2) is 0 Å². The van der Waals surface area contributed by atoms with Gasteiger partial charge in [-0.2, -0.15) is 0 Å². The molecule has 22 heavy (non-hydrogen) atoms. The quantitative estimate of drug-likeness (QED) is 0.895. The molecule has 0 unspecified atom stereocenters. The molecule has 0 aliphatic carbocycles. The Morgan fingerprint density at radius 3 is 2.82 bits per heavy atom. The molecule has 1 saturated heterocycles. The second-order valence-corrected chi connectivity index (χ2v) is 7.12. The molecule has 2 aromatic rings. The first-order valence-electron chi connectivity index (χ1n) is 7.51. The van der Waals surface area contributed by atoms with Gasteiger partial charge in [0.05, 0.1) is 4.88 Å². The Bertz CT molecular complexity index is 677. The molecule has 3 nitrogen and oxygen atoms in total. The molecule has 116 valence electrons. The predicted molar refractivity (Wildman–Crippen MR) is 92.9 cm³/mol. The van der Waals surface area contributed by atoms with E-state index in [2.05, 4.69) is 10.6 Å². The van der Waals surface area contributed by atoms with Crippen molar-refractivity contribution in [2.24, 2.45) is 0 Å². The summed E-state index contributed by atoms with van der Waals surface area (Å²) < 4.78 is 0. The molecule has 1 amide bonds. The summed E-state index contributed by atoms with van der Waals surface area (Å²) in [5.74, 6) is 0.0354. The van der Waals surface area contributed by atoms with Gasteiger partial charge in [0.25, 0.3) is 5.91 Å². The van der Waals surface area contributed by atoms with Crippen molar-refractivity contribution in [1.82, 2.24) is 10.6 Å². The van der Waals surface area contributed by atoms with E-state index < -0.39 is 0 Å². The lowest BCUT2D eigenvalue weighted by molar-refractivity contribution is 0.0933. The fraction of sp³-hybridized carbons (Fsp3) is 0.353. The number of halogens is 1. The highest BCUT2D eigenvalue weighted by Gasteiger charge is 2.19. The highest BCUT2D eigenvalue weighted by Crippen LogP contribution is 2.33. The van der Waals surface area contributed by atoms with Gasteiger partial charge in [0, 0.05) is 15.9 Å². The lowest BCUT2D eigenvalue weighted by Crippen LogP contribution is -2.42. The first kappa shape index (κ1) is 15.5. The second-order valence-electron chi connectivity index (χ2n) is 5.63. The van der Waals surface area contributed by atoms with Gasteiger partial charge in [-0.3, -0.25) is 4.79 Å². The Morgan fingerprint density at radius 1 is 1.32 bits per heavy atom. The monoisotopic (exact) mass is 334 g/mol. The van der Waals surface area contributed by atoms with Gasteiger partial charge >= 0.3 is 0 Å². The smallest absolute Gasteiger partial charge is 0.261 e. The summed E-state index contributed by atoms with van der Waals surface area (Å²) in [6.07, 6.45) is 1.99. The van der Waals surface area contributed by atoms with Crippen molar-refractivity contribution in [3.05, 3.63) is 45.8 Å². The number of carbonyl (C=O) groups is 1. The van der Waals surface area contributed by atoms with Crippen molar-refractivity contribution < 1.29 is 4.79 Å². The molecule has 5 heteroatoms. The van der Waals surface area contributed by atoms with Crippen LogP contribution in [0.1, 0.15) is 28.1 Å². The van der Waals surface area contributed by atoms with Crippen LogP contribution in [0.4, 0.5) is 0 Å². The van der Waals surface area contributed by atoms with Crippen molar-refractivity contribution in [2.75, 3.05) is 13.1 Å². The van der Waals surface area contributed by atoms with Crippen LogP contribution in [-0.4, -0.2) is 25.0 Å². The number of amides is 1. The van der Waals surface area contributed by atoms with Crippen LogP contribution in [0.25, 0.3) is 10.4 Å². The molecule has 0 bridgehead atoms. The number of carbonyl (C=O) groups excluding carboxylic acids is 1. The molecule has 1 aliphatic rings. The standard InChI is InChI=1S/C17H19ClN2OS/c1-11-9-15(17(21)20-14-5-7-19-8-6-14)22-16(11)12-3-2-4-13(18)10-12/h2-4,9-10,14,19H,5-8H2,1H3,(H,20,21). The third-order valence-electron chi connectivity index (χ3n) is 3.90. The van der Waals surface area contributed by atoms with Crippen molar-refractivity contribution in [3.63, 3.8) is 0 Å². The fourth-order valence-corrected chi connectivity index (χ4v) is 4.00. The fourth-order valence-electron chi connectivity index (χ4n) is 2.73. The molecular formula is C17H19ClN2OS. The average molecular weight is 335 g/mol. The van der Waals surface area contributed by atoms with Gasteiger partial charge in [-0.15, -0.1) is 11.3 Å². The molecule has 3 rings (SSSR count). The number of thiophene rings is 1.